The molecule has 0 saturated heterocycles. The molecule has 1 aromatic rings. The zero-order chi connectivity index (χ0) is 12.5. The van der Waals surface area contributed by atoms with Crippen molar-refractivity contribution >= 4 is 17.4 Å². The fourth-order valence-electron chi connectivity index (χ4n) is 1.14. The van der Waals surface area contributed by atoms with E-state index in [2.05, 4.69) is 22.5 Å². The molecule has 1 aromatic heterocycles. The number of hydrogen-bond donors (Lipinski definition) is 3. The molecular weight excluding hydrogens is 236 g/mol. The highest BCUT2D eigenvalue weighted by Gasteiger charge is 2.01. The zero-order valence-electron chi connectivity index (χ0n) is 9.75. The maximum Gasteiger partial charge on any atom is 0.315 e. The third-order valence-corrected chi connectivity index (χ3v) is 2.91. The summed E-state index contributed by atoms with van der Waals surface area (Å²) in [6, 6.07) is 3.66. The second kappa shape index (κ2) is 7.71. The molecule has 92 valence electrons. The van der Waals surface area contributed by atoms with Crippen molar-refractivity contribution in [3.63, 3.8) is 0 Å². The van der Waals surface area contributed by atoms with Gasteiger partial charge in [-0.3, -0.25) is 0 Å². The summed E-state index contributed by atoms with van der Waals surface area (Å²) >= 11 is 1.51. The number of aliphatic hydroxyl groups is 1. The zero-order valence-corrected chi connectivity index (χ0v) is 10.6. The molecule has 0 unspecified atom stereocenters. The van der Waals surface area contributed by atoms with E-state index in [1.165, 1.54) is 11.3 Å². The van der Waals surface area contributed by atoms with Crippen molar-refractivity contribution in [2.24, 2.45) is 0 Å². The van der Waals surface area contributed by atoms with Crippen LogP contribution in [-0.2, 0) is 6.54 Å². The first-order chi connectivity index (χ1) is 8.26. The molecule has 0 aliphatic carbocycles. The quantitative estimate of drug-likeness (QED) is 0.707. The Hall–Kier alpha value is -1.51. The molecule has 3 N–H and O–H groups in total. The highest BCUT2D eigenvalue weighted by molar-refractivity contribution is 7.12. The van der Waals surface area contributed by atoms with E-state index in [1.807, 2.05) is 19.1 Å². The van der Waals surface area contributed by atoms with Crippen LogP contribution in [0.3, 0.4) is 0 Å². The molecule has 0 spiro atoms. The van der Waals surface area contributed by atoms with Gasteiger partial charge in [0.05, 0.1) is 11.4 Å². The lowest BCUT2D eigenvalue weighted by Crippen LogP contribution is -2.35. The highest BCUT2D eigenvalue weighted by Crippen LogP contribution is 2.14. The largest absolute Gasteiger partial charge is 0.384 e. The third-order valence-electron chi connectivity index (χ3n) is 1.91. The van der Waals surface area contributed by atoms with E-state index >= 15 is 0 Å². The number of amides is 2. The van der Waals surface area contributed by atoms with Crippen LogP contribution in [0, 0.1) is 11.8 Å². The van der Waals surface area contributed by atoms with Gasteiger partial charge >= 0.3 is 6.03 Å². The molecule has 0 aromatic carbocycles. The summed E-state index contributed by atoms with van der Waals surface area (Å²) in [4.78, 5) is 13.2. The number of aliphatic hydroxyl groups excluding tert-OH is 1. The van der Waals surface area contributed by atoms with Gasteiger partial charge in [-0.05, 0) is 18.6 Å². The number of nitrogens with one attached hydrogen (secondary N) is 2. The minimum Gasteiger partial charge on any atom is -0.384 e. The molecule has 0 saturated carbocycles. The molecule has 1 rings (SSSR count). The Morgan fingerprint density at radius 2 is 2.29 bits per heavy atom. The molecule has 0 aliphatic heterocycles. The fraction of sp³-hybridized carbons (Fsp3) is 0.417. The summed E-state index contributed by atoms with van der Waals surface area (Å²) in [6.45, 7) is 3.06. The van der Waals surface area contributed by atoms with Gasteiger partial charge in [0.2, 0.25) is 0 Å². The molecule has 0 fully saturated rings. The molecule has 4 nitrogen and oxygen atoms in total. The molecule has 5 heteroatoms. The van der Waals surface area contributed by atoms with Crippen LogP contribution in [0.5, 0.6) is 0 Å². The summed E-state index contributed by atoms with van der Waals surface area (Å²) in [7, 11) is 0. The Balaban J connectivity index is 2.36. The second-order valence-electron chi connectivity index (χ2n) is 3.34. The van der Waals surface area contributed by atoms with E-state index in [0.29, 0.717) is 13.1 Å². The van der Waals surface area contributed by atoms with Crippen molar-refractivity contribution in [2.45, 2.75) is 19.9 Å². The molecule has 0 aliphatic rings. The van der Waals surface area contributed by atoms with Crippen LogP contribution in [0.2, 0.25) is 0 Å². The van der Waals surface area contributed by atoms with Crippen molar-refractivity contribution in [2.75, 3.05) is 13.2 Å². The van der Waals surface area contributed by atoms with Crippen molar-refractivity contribution in [1.29, 1.82) is 0 Å². The highest BCUT2D eigenvalue weighted by atomic mass is 32.1. The summed E-state index contributed by atoms with van der Waals surface area (Å²) in [5.41, 5.74) is 0. The maximum absolute atomic E-state index is 11.3. The first kappa shape index (κ1) is 13.6. The SMILES string of the molecule is CCCNC(=O)NCc1ccc(C#CCO)s1. The van der Waals surface area contributed by atoms with Crippen molar-refractivity contribution in [3.05, 3.63) is 21.9 Å². The summed E-state index contributed by atoms with van der Waals surface area (Å²) in [5.74, 6) is 5.41. The predicted octanol–water partition coefficient (Wildman–Crippen LogP) is 1.30. The normalized spacial score (nSPS) is 9.29. The Labute approximate surface area is 105 Å². The molecule has 0 atom stereocenters. The topological polar surface area (TPSA) is 61.4 Å². The molecule has 0 bridgehead atoms. The van der Waals surface area contributed by atoms with Gasteiger partial charge in [-0.2, -0.15) is 0 Å². The number of urea groups is 1. The Bertz CT molecular complexity index is 418. The van der Waals surface area contributed by atoms with E-state index in [0.717, 1.165) is 16.2 Å². The minimum absolute atomic E-state index is 0.134. The van der Waals surface area contributed by atoms with Gasteiger partial charge in [0.25, 0.3) is 0 Å². The van der Waals surface area contributed by atoms with Gasteiger partial charge in [-0.1, -0.05) is 18.8 Å². The van der Waals surface area contributed by atoms with Crippen LogP contribution >= 0.6 is 11.3 Å². The fourth-order valence-corrected chi connectivity index (χ4v) is 1.96. The van der Waals surface area contributed by atoms with E-state index in [4.69, 9.17) is 5.11 Å². The standard InChI is InChI=1S/C12H16N2O2S/c1-2-7-13-12(16)14-9-11-6-5-10(17-11)4-3-8-15/h5-6,15H,2,7-9H2,1H3,(H2,13,14,16). The average Bonchev–Trinajstić information content (AvgIpc) is 2.79. The van der Waals surface area contributed by atoms with Crippen LogP contribution in [0.4, 0.5) is 4.79 Å². The first-order valence-corrected chi connectivity index (χ1v) is 6.28. The van der Waals surface area contributed by atoms with Gasteiger partial charge in [0.1, 0.15) is 6.61 Å². The Kier molecular flexibility index (Phi) is 6.15. The van der Waals surface area contributed by atoms with Gasteiger partial charge < -0.3 is 15.7 Å². The predicted molar refractivity (Wildman–Crippen MR) is 68.8 cm³/mol. The lowest BCUT2D eigenvalue weighted by Gasteiger charge is -2.04. The smallest absolute Gasteiger partial charge is 0.315 e. The van der Waals surface area contributed by atoms with Crippen molar-refractivity contribution < 1.29 is 9.90 Å². The number of rotatable bonds is 4. The van der Waals surface area contributed by atoms with Crippen LogP contribution in [0.25, 0.3) is 0 Å². The molecule has 0 radical (unpaired) electrons. The van der Waals surface area contributed by atoms with E-state index in [-0.39, 0.29) is 12.6 Å². The van der Waals surface area contributed by atoms with Gasteiger partial charge in [-0.25, -0.2) is 4.79 Å². The monoisotopic (exact) mass is 252 g/mol. The van der Waals surface area contributed by atoms with E-state index in [9.17, 15) is 4.79 Å². The Morgan fingerprint density at radius 3 is 3.00 bits per heavy atom. The number of thiophene rings is 1. The first-order valence-electron chi connectivity index (χ1n) is 5.46. The van der Waals surface area contributed by atoms with Gasteiger partial charge in [0, 0.05) is 11.4 Å². The van der Waals surface area contributed by atoms with Crippen LogP contribution in [-0.4, -0.2) is 24.3 Å². The van der Waals surface area contributed by atoms with E-state index in [1.54, 1.807) is 0 Å². The summed E-state index contributed by atoms with van der Waals surface area (Å²) < 4.78 is 0. The molecule has 2 amide bonds. The summed E-state index contributed by atoms with van der Waals surface area (Å²) in [5, 5.41) is 14.1. The molecular formula is C12H16N2O2S. The summed E-state index contributed by atoms with van der Waals surface area (Å²) in [6.07, 6.45) is 0.924. The molecule has 17 heavy (non-hydrogen) atoms. The number of carbonyl (C=O) groups excluding carboxylic acids is 1. The second-order valence-corrected chi connectivity index (χ2v) is 4.50. The minimum atomic E-state index is -0.150. The number of carbonyl (C=O) groups is 1. The third kappa shape index (κ3) is 5.38. The Morgan fingerprint density at radius 1 is 1.47 bits per heavy atom. The molecule has 1 heterocycles. The lowest BCUT2D eigenvalue weighted by molar-refractivity contribution is 0.240. The average molecular weight is 252 g/mol. The van der Waals surface area contributed by atoms with Crippen LogP contribution < -0.4 is 10.6 Å². The van der Waals surface area contributed by atoms with Crippen molar-refractivity contribution in [1.82, 2.24) is 10.6 Å². The van der Waals surface area contributed by atoms with Gasteiger partial charge in [0.15, 0.2) is 0 Å². The van der Waals surface area contributed by atoms with Crippen molar-refractivity contribution in [3.8, 4) is 11.8 Å². The van der Waals surface area contributed by atoms with Gasteiger partial charge in [-0.15, -0.1) is 11.3 Å². The maximum atomic E-state index is 11.3. The lowest BCUT2D eigenvalue weighted by atomic mass is 10.4. The van der Waals surface area contributed by atoms with Crippen LogP contribution in [0.15, 0.2) is 12.1 Å². The van der Waals surface area contributed by atoms with Crippen LogP contribution in [0.1, 0.15) is 23.1 Å². The van der Waals surface area contributed by atoms with E-state index < -0.39 is 0 Å². The number of hydrogen-bond acceptors (Lipinski definition) is 3.